The van der Waals surface area contributed by atoms with Gasteiger partial charge in [-0.15, -0.1) is 0 Å². The van der Waals surface area contributed by atoms with E-state index in [9.17, 15) is 4.79 Å². The maximum Gasteiger partial charge on any atom is 0.223 e. The highest BCUT2D eigenvalue weighted by Gasteiger charge is 2.34. The van der Waals surface area contributed by atoms with Gasteiger partial charge in [0, 0.05) is 25.2 Å². The molecular weight excluding hydrogens is 326 g/mol. The number of carbonyl (C=O) groups is 1. The molecule has 5 heteroatoms. The van der Waals surface area contributed by atoms with Gasteiger partial charge in [0.2, 0.25) is 5.91 Å². The Hall–Kier alpha value is -2.43. The van der Waals surface area contributed by atoms with Gasteiger partial charge < -0.3 is 9.42 Å². The van der Waals surface area contributed by atoms with Gasteiger partial charge in [-0.1, -0.05) is 29.8 Å². The molecular formula is C21H27N3O2. The Labute approximate surface area is 155 Å². The van der Waals surface area contributed by atoms with Crippen LogP contribution < -0.4 is 0 Å². The molecule has 1 fully saturated rings. The highest BCUT2D eigenvalue weighted by molar-refractivity contribution is 5.77. The molecule has 5 nitrogen and oxygen atoms in total. The molecule has 0 aliphatic carbocycles. The van der Waals surface area contributed by atoms with Crippen LogP contribution >= 0.6 is 0 Å². The van der Waals surface area contributed by atoms with Gasteiger partial charge in [-0.3, -0.25) is 9.78 Å². The minimum absolute atomic E-state index is 0.156. The van der Waals surface area contributed by atoms with Crippen LogP contribution in [0, 0.1) is 5.41 Å². The Balaban J connectivity index is 1.65. The number of hydrogen-bond donors (Lipinski definition) is 0. The Kier molecular flexibility index (Phi) is 5.55. The van der Waals surface area contributed by atoms with Crippen LogP contribution in [-0.4, -0.2) is 27.5 Å². The second kappa shape index (κ2) is 7.85. The lowest BCUT2D eigenvalue weighted by Crippen LogP contribution is -2.44. The second-order valence-electron chi connectivity index (χ2n) is 7.77. The molecule has 1 atom stereocenters. The first-order chi connectivity index (χ1) is 12.5. The fraction of sp³-hybridized carbons (Fsp3) is 0.476. The van der Waals surface area contributed by atoms with Gasteiger partial charge in [-0.2, -0.15) is 0 Å². The zero-order chi connectivity index (χ0) is 18.6. The largest absolute Gasteiger partial charge is 0.359 e. The first kappa shape index (κ1) is 18.4. The summed E-state index contributed by atoms with van der Waals surface area (Å²) in [5.74, 6) is 0.896. The number of hydrogen-bond acceptors (Lipinski definition) is 4. The average molecular weight is 353 g/mol. The van der Waals surface area contributed by atoms with Crippen molar-refractivity contribution in [3.8, 4) is 11.4 Å². The van der Waals surface area contributed by atoms with Crippen molar-refractivity contribution in [1.82, 2.24) is 15.0 Å². The molecule has 0 saturated carbocycles. The third-order valence-electron chi connectivity index (χ3n) is 5.00. The van der Waals surface area contributed by atoms with E-state index in [1.165, 1.54) is 5.57 Å². The number of piperidine rings is 1. The van der Waals surface area contributed by atoms with Crippen LogP contribution in [0.5, 0.6) is 0 Å². The molecule has 0 aromatic carbocycles. The number of likely N-dealkylation sites (tertiary alicyclic amines) is 1. The summed E-state index contributed by atoms with van der Waals surface area (Å²) in [4.78, 5) is 18.6. The molecule has 3 heterocycles. The fourth-order valence-electron chi connectivity index (χ4n) is 3.46. The predicted molar refractivity (Wildman–Crippen MR) is 101 cm³/mol. The molecule has 0 bridgehead atoms. The molecule has 1 saturated heterocycles. The summed E-state index contributed by atoms with van der Waals surface area (Å²) in [6.45, 7) is 7.77. The lowest BCUT2D eigenvalue weighted by atomic mass is 9.77. The number of carbonyl (C=O) groups excluding carboxylic acids is 1. The van der Waals surface area contributed by atoms with Crippen molar-refractivity contribution in [3.63, 3.8) is 0 Å². The second-order valence-corrected chi connectivity index (χ2v) is 7.77. The van der Waals surface area contributed by atoms with Gasteiger partial charge in [0.1, 0.15) is 5.69 Å². The molecule has 1 amide bonds. The van der Waals surface area contributed by atoms with Gasteiger partial charge in [0.25, 0.3) is 0 Å². The van der Waals surface area contributed by atoms with Gasteiger partial charge in [0.05, 0.1) is 12.2 Å². The van der Waals surface area contributed by atoms with Crippen LogP contribution in [-0.2, 0) is 11.3 Å². The van der Waals surface area contributed by atoms with E-state index in [2.05, 4.69) is 37.0 Å². The third kappa shape index (κ3) is 4.59. The van der Waals surface area contributed by atoms with Crippen LogP contribution in [0.25, 0.3) is 11.4 Å². The predicted octanol–water partition coefficient (Wildman–Crippen LogP) is 4.61. The molecule has 0 unspecified atom stereocenters. The molecule has 2 aromatic rings. The van der Waals surface area contributed by atoms with Crippen LogP contribution in [0.2, 0.25) is 0 Å². The zero-order valence-electron chi connectivity index (χ0n) is 15.9. The van der Waals surface area contributed by atoms with Crippen molar-refractivity contribution in [2.75, 3.05) is 6.54 Å². The van der Waals surface area contributed by atoms with Gasteiger partial charge in [0.15, 0.2) is 5.76 Å². The average Bonchev–Trinajstić information content (AvgIpc) is 3.07. The smallest absolute Gasteiger partial charge is 0.223 e. The molecule has 26 heavy (non-hydrogen) atoms. The number of nitrogens with zero attached hydrogens (tertiary/aromatic N) is 3. The monoisotopic (exact) mass is 353 g/mol. The summed E-state index contributed by atoms with van der Waals surface area (Å²) in [7, 11) is 0. The van der Waals surface area contributed by atoms with E-state index in [0.717, 1.165) is 31.5 Å². The molecule has 1 aliphatic rings. The molecule has 0 spiro atoms. The Morgan fingerprint density at radius 1 is 1.35 bits per heavy atom. The van der Waals surface area contributed by atoms with Crippen molar-refractivity contribution in [3.05, 3.63) is 47.9 Å². The summed E-state index contributed by atoms with van der Waals surface area (Å²) >= 11 is 0. The van der Waals surface area contributed by atoms with Crippen molar-refractivity contribution < 1.29 is 9.32 Å². The van der Waals surface area contributed by atoms with E-state index in [1.807, 2.05) is 29.2 Å². The maximum atomic E-state index is 12.4. The fourth-order valence-corrected chi connectivity index (χ4v) is 3.46. The molecule has 1 aliphatic heterocycles. The van der Waals surface area contributed by atoms with E-state index >= 15 is 0 Å². The first-order valence-corrected chi connectivity index (χ1v) is 9.23. The number of rotatable bonds is 6. The van der Waals surface area contributed by atoms with E-state index in [1.54, 1.807) is 6.20 Å². The van der Waals surface area contributed by atoms with E-state index in [-0.39, 0.29) is 11.3 Å². The van der Waals surface area contributed by atoms with E-state index < -0.39 is 0 Å². The number of aromatic nitrogens is 2. The maximum absolute atomic E-state index is 12.4. The topological polar surface area (TPSA) is 59.2 Å². The SMILES string of the molecule is CC(C)=CCC[C@]1(C)CCC(=O)N(Cc2cc(-c3ccccn3)no2)C1. The Bertz CT molecular complexity index is 778. The quantitative estimate of drug-likeness (QED) is 0.712. The zero-order valence-corrected chi connectivity index (χ0v) is 15.9. The van der Waals surface area contributed by atoms with Crippen molar-refractivity contribution in [2.24, 2.45) is 5.41 Å². The normalized spacial score (nSPS) is 20.3. The molecule has 138 valence electrons. The van der Waals surface area contributed by atoms with Crippen LogP contribution in [0.15, 0.2) is 46.6 Å². The van der Waals surface area contributed by atoms with Crippen molar-refractivity contribution >= 4 is 5.91 Å². The minimum Gasteiger partial charge on any atom is -0.359 e. The van der Waals surface area contributed by atoms with Crippen molar-refractivity contribution in [1.29, 1.82) is 0 Å². The molecule has 3 rings (SSSR count). The lowest BCUT2D eigenvalue weighted by Gasteiger charge is -2.40. The summed E-state index contributed by atoms with van der Waals surface area (Å²) in [6.07, 6.45) is 7.73. The van der Waals surface area contributed by atoms with Gasteiger partial charge in [-0.25, -0.2) is 0 Å². The Morgan fingerprint density at radius 2 is 2.19 bits per heavy atom. The number of pyridine rings is 1. The van der Waals surface area contributed by atoms with Crippen molar-refractivity contribution in [2.45, 2.75) is 53.0 Å². The summed E-state index contributed by atoms with van der Waals surface area (Å²) in [6, 6.07) is 7.56. The summed E-state index contributed by atoms with van der Waals surface area (Å²) < 4.78 is 5.46. The minimum atomic E-state index is 0.156. The molecule has 0 N–H and O–H groups in total. The number of amides is 1. The summed E-state index contributed by atoms with van der Waals surface area (Å²) in [5.41, 5.74) is 2.99. The number of allylic oxidation sites excluding steroid dienone is 2. The van der Waals surface area contributed by atoms with Crippen LogP contribution in [0.1, 0.15) is 52.2 Å². The first-order valence-electron chi connectivity index (χ1n) is 9.23. The molecule has 2 aromatic heterocycles. The summed E-state index contributed by atoms with van der Waals surface area (Å²) in [5, 5.41) is 4.10. The van der Waals surface area contributed by atoms with Crippen LogP contribution in [0.4, 0.5) is 0 Å². The highest BCUT2D eigenvalue weighted by atomic mass is 16.5. The standard InChI is InChI=1S/C21H27N3O2/c1-16(2)7-6-10-21(3)11-9-20(25)24(15-21)14-17-13-19(23-26-17)18-8-4-5-12-22-18/h4-5,7-8,12-13H,6,9-11,14-15H2,1-3H3/t21-/m1/s1. The van der Waals surface area contributed by atoms with Gasteiger partial charge >= 0.3 is 0 Å². The van der Waals surface area contributed by atoms with E-state index in [0.29, 0.717) is 24.4 Å². The third-order valence-corrected chi connectivity index (χ3v) is 5.00. The molecule has 0 radical (unpaired) electrons. The highest BCUT2D eigenvalue weighted by Crippen LogP contribution is 2.35. The van der Waals surface area contributed by atoms with Gasteiger partial charge in [-0.05, 0) is 50.7 Å². The van der Waals surface area contributed by atoms with E-state index in [4.69, 9.17) is 4.52 Å². The Morgan fingerprint density at radius 3 is 2.92 bits per heavy atom. The van der Waals surface area contributed by atoms with Crippen LogP contribution in [0.3, 0.4) is 0 Å². The lowest BCUT2D eigenvalue weighted by molar-refractivity contribution is -0.138.